The Bertz CT molecular complexity index is 683. The van der Waals surface area contributed by atoms with Crippen molar-refractivity contribution in [1.29, 1.82) is 0 Å². The van der Waals surface area contributed by atoms with Crippen molar-refractivity contribution in [3.05, 3.63) is 29.7 Å². The van der Waals surface area contributed by atoms with Crippen LogP contribution in [0.25, 0.3) is 0 Å². The van der Waals surface area contributed by atoms with Gasteiger partial charge in [-0.1, -0.05) is 5.16 Å². The SMILES string of the molecule is Cc1cc(C(=O)N2CCC(Oc3ccc(N(C)C)nn3)C2)no1. The van der Waals surface area contributed by atoms with Crippen LogP contribution in [-0.4, -0.2) is 59.4 Å². The van der Waals surface area contributed by atoms with Crippen molar-refractivity contribution >= 4 is 11.7 Å². The second-order valence-electron chi connectivity index (χ2n) is 5.73. The van der Waals surface area contributed by atoms with Gasteiger partial charge in [-0.05, 0) is 13.0 Å². The van der Waals surface area contributed by atoms with Crippen molar-refractivity contribution in [1.82, 2.24) is 20.3 Å². The minimum atomic E-state index is -0.137. The van der Waals surface area contributed by atoms with Crippen molar-refractivity contribution in [2.75, 3.05) is 32.1 Å². The number of aromatic nitrogens is 3. The van der Waals surface area contributed by atoms with Crippen molar-refractivity contribution < 1.29 is 14.1 Å². The third-order valence-electron chi connectivity index (χ3n) is 3.65. The van der Waals surface area contributed by atoms with E-state index in [0.29, 0.717) is 30.4 Å². The number of rotatable bonds is 4. The Kier molecular flexibility index (Phi) is 4.14. The Labute approximate surface area is 134 Å². The average Bonchev–Trinajstić information content (AvgIpc) is 3.16. The fraction of sp³-hybridized carbons (Fsp3) is 0.467. The molecule has 1 fully saturated rings. The van der Waals surface area contributed by atoms with E-state index in [9.17, 15) is 4.79 Å². The highest BCUT2D eigenvalue weighted by Crippen LogP contribution is 2.19. The number of carbonyl (C=O) groups is 1. The number of likely N-dealkylation sites (tertiary alicyclic amines) is 1. The van der Waals surface area contributed by atoms with Crippen LogP contribution in [0.2, 0.25) is 0 Å². The summed E-state index contributed by atoms with van der Waals surface area (Å²) < 4.78 is 10.7. The van der Waals surface area contributed by atoms with E-state index in [1.165, 1.54) is 0 Å². The number of nitrogens with zero attached hydrogens (tertiary/aromatic N) is 5. The average molecular weight is 317 g/mol. The van der Waals surface area contributed by atoms with E-state index < -0.39 is 0 Å². The summed E-state index contributed by atoms with van der Waals surface area (Å²) in [6.45, 7) is 2.89. The van der Waals surface area contributed by atoms with Gasteiger partial charge >= 0.3 is 0 Å². The number of aryl methyl sites for hydroxylation is 1. The molecule has 2 aromatic heterocycles. The topological polar surface area (TPSA) is 84.6 Å². The first-order valence-corrected chi connectivity index (χ1v) is 7.43. The van der Waals surface area contributed by atoms with E-state index >= 15 is 0 Å². The van der Waals surface area contributed by atoms with Gasteiger partial charge in [0, 0.05) is 39.2 Å². The molecule has 1 unspecified atom stereocenters. The Morgan fingerprint density at radius 2 is 2.22 bits per heavy atom. The van der Waals surface area contributed by atoms with Crippen LogP contribution in [-0.2, 0) is 0 Å². The molecule has 0 bridgehead atoms. The zero-order valence-corrected chi connectivity index (χ0v) is 13.4. The summed E-state index contributed by atoms with van der Waals surface area (Å²) >= 11 is 0. The molecule has 3 heterocycles. The summed E-state index contributed by atoms with van der Waals surface area (Å²) in [6, 6.07) is 5.27. The molecule has 1 atom stereocenters. The van der Waals surface area contributed by atoms with Gasteiger partial charge in [0.15, 0.2) is 11.5 Å². The Balaban J connectivity index is 1.58. The van der Waals surface area contributed by atoms with Gasteiger partial charge in [-0.15, -0.1) is 10.2 Å². The van der Waals surface area contributed by atoms with E-state index in [1.54, 1.807) is 24.0 Å². The summed E-state index contributed by atoms with van der Waals surface area (Å²) in [5.74, 6) is 1.72. The summed E-state index contributed by atoms with van der Waals surface area (Å²) in [7, 11) is 3.80. The highest BCUT2D eigenvalue weighted by Gasteiger charge is 2.30. The Morgan fingerprint density at radius 1 is 1.39 bits per heavy atom. The molecule has 1 aliphatic heterocycles. The summed E-state index contributed by atoms with van der Waals surface area (Å²) in [4.78, 5) is 15.9. The summed E-state index contributed by atoms with van der Waals surface area (Å²) in [5, 5.41) is 11.9. The van der Waals surface area contributed by atoms with E-state index in [4.69, 9.17) is 9.26 Å². The number of hydrogen-bond donors (Lipinski definition) is 0. The van der Waals surface area contributed by atoms with Crippen molar-refractivity contribution in [3.63, 3.8) is 0 Å². The monoisotopic (exact) mass is 317 g/mol. The first-order valence-electron chi connectivity index (χ1n) is 7.43. The van der Waals surface area contributed by atoms with E-state index in [0.717, 1.165) is 12.2 Å². The lowest BCUT2D eigenvalue weighted by atomic mass is 10.3. The fourth-order valence-corrected chi connectivity index (χ4v) is 2.42. The molecule has 1 amide bonds. The number of anilines is 1. The van der Waals surface area contributed by atoms with E-state index in [2.05, 4.69) is 15.4 Å². The zero-order valence-electron chi connectivity index (χ0n) is 13.4. The lowest BCUT2D eigenvalue weighted by Gasteiger charge is -2.16. The first-order chi connectivity index (χ1) is 11.0. The van der Waals surface area contributed by atoms with Crippen LogP contribution in [0.15, 0.2) is 22.7 Å². The van der Waals surface area contributed by atoms with Gasteiger partial charge in [-0.3, -0.25) is 4.79 Å². The predicted molar refractivity (Wildman–Crippen MR) is 82.5 cm³/mol. The minimum absolute atomic E-state index is 0.0912. The summed E-state index contributed by atoms with van der Waals surface area (Å²) in [5.41, 5.74) is 0.332. The molecule has 1 saturated heterocycles. The second-order valence-corrected chi connectivity index (χ2v) is 5.73. The van der Waals surface area contributed by atoms with E-state index in [-0.39, 0.29) is 12.0 Å². The lowest BCUT2D eigenvalue weighted by molar-refractivity contribution is 0.0760. The van der Waals surface area contributed by atoms with Crippen molar-refractivity contribution in [3.8, 4) is 5.88 Å². The van der Waals surface area contributed by atoms with Crippen LogP contribution in [0.1, 0.15) is 22.7 Å². The van der Waals surface area contributed by atoms with Gasteiger partial charge in [-0.25, -0.2) is 0 Å². The zero-order chi connectivity index (χ0) is 16.4. The highest BCUT2D eigenvalue weighted by molar-refractivity contribution is 5.92. The molecule has 0 spiro atoms. The Hall–Kier alpha value is -2.64. The number of amides is 1. The number of carbonyl (C=O) groups excluding carboxylic acids is 1. The number of ether oxygens (including phenoxy) is 1. The molecular weight excluding hydrogens is 298 g/mol. The minimum Gasteiger partial charge on any atom is -0.471 e. The quantitative estimate of drug-likeness (QED) is 0.835. The van der Waals surface area contributed by atoms with Crippen LogP contribution < -0.4 is 9.64 Å². The van der Waals surface area contributed by atoms with Gasteiger partial charge in [0.2, 0.25) is 5.88 Å². The van der Waals surface area contributed by atoms with E-state index in [1.807, 2.05) is 25.1 Å². The molecule has 23 heavy (non-hydrogen) atoms. The molecule has 122 valence electrons. The number of hydrogen-bond acceptors (Lipinski definition) is 7. The van der Waals surface area contributed by atoms with Crippen molar-refractivity contribution in [2.24, 2.45) is 0 Å². The normalized spacial score (nSPS) is 17.3. The molecule has 0 N–H and O–H groups in total. The van der Waals surface area contributed by atoms with Crippen LogP contribution in [0, 0.1) is 6.92 Å². The highest BCUT2D eigenvalue weighted by atomic mass is 16.5. The molecule has 0 aliphatic carbocycles. The predicted octanol–water partition coefficient (Wildman–Crippen LogP) is 1.13. The third-order valence-corrected chi connectivity index (χ3v) is 3.65. The summed E-state index contributed by atoms with van der Waals surface area (Å²) in [6.07, 6.45) is 0.658. The fourth-order valence-electron chi connectivity index (χ4n) is 2.42. The van der Waals surface area contributed by atoms with Gasteiger partial charge in [-0.2, -0.15) is 0 Å². The van der Waals surface area contributed by atoms with Gasteiger partial charge in [0.25, 0.3) is 5.91 Å². The molecule has 2 aromatic rings. The molecule has 8 heteroatoms. The second kappa shape index (κ2) is 6.23. The standard InChI is InChI=1S/C15H19N5O3/c1-10-8-12(18-23-10)15(21)20-7-6-11(9-20)22-14-5-4-13(16-17-14)19(2)3/h4-5,8,11H,6-7,9H2,1-3H3. The Morgan fingerprint density at radius 3 is 2.83 bits per heavy atom. The van der Waals surface area contributed by atoms with Gasteiger partial charge in [0.1, 0.15) is 11.9 Å². The van der Waals surface area contributed by atoms with Crippen molar-refractivity contribution in [2.45, 2.75) is 19.4 Å². The third kappa shape index (κ3) is 3.41. The maximum absolute atomic E-state index is 12.3. The lowest BCUT2D eigenvalue weighted by Crippen LogP contribution is -2.31. The smallest absolute Gasteiger partial charge is 0.276 e. The molecule has 0 aromatic carbocycles. The van der Waals surface area contributed by atoms with Crippen LogP contribution in [0.3, 0.4) is 0 Å². The van der Waals surface area contributed by atoms with Gasteiger partial charge in [0.05, 0.1) is 6.54 Å². The first kappa shape index (κ1) is 15.3. The van der Waals surface area contributed by atoms with Crippen LogP contribution in [0.5, 0.6) is 5.88 Å². The molecule has 0 radical (unpaired) electrons. The molecule has 3 rings (SSSR count). The maximum atomic E-state index is 12.3. The van der Waals surface area contributed by atoms with Crippen LogP contribution >= 0.6 is 0 Å². The molecule has 0 saturated carbocycles. The van der Waals surface area contributed by atoms with Crippen LogP contribution in [0.4, 0.5) is 5.82 Å². The molecular formula is C15H19N5O3. The molecule has 1 aliphatic rings. The van der Waals surface area contributed by atoms with Gasteiger partial charge < -0.3 is 19.1 Å². The largest absolute Gasteiger partial charge is 0.471 e. The molecule has 8 nitrogen and oxygen atoms in total. The maximum Gasteiger partial charge on any atom is 0.276 e.